The molecule has 0 heterocycles. The van der Waals surface area contributed by atoms with Gasteiger partial charge in [0.15, 0.2) is 6.04 Å². The third-order valence-electron chi connectivity index (χ3n) is 2.48. The lowest BCUT2D eigenvalue weighted by Gasteiger charge is -2.16. The van der Waals surface area contributed by atoms with Crippen molar-refractivity contribution in [3.8, 4) is 0 Å². The fourth-order valence-corrected chi connectivity index (χ4v) is 1.33. The Kier molecular flexibility index (Phi) is 5.95. The zero-order valence-corrected chi connectivity index (χ0v) is 10.5. The van der Waals surface area contributed by atoms with Crippen LogP contribution in [0.1, 0.15) is 12.5 Å². The molecule has 19 heavy (non-hydrogen) atoms. The van der Waals surface area contributed by atoms with E-state index in [4.69, 9.17) is 9.84 Å². The van der Waals surface area contributed by atoms with Gasteiger partial charge >= 0.3 is 5.97 Å². The van der Waals surface area contributed by atoms with Crippen molar-refractivity contribution in [2.45, 2.75) is 25.7 Å². The summed E-state index contributed by atoms with van der Waals surface area (Å²) in [6.07, 6.45) is -0.853. The zero-order chi connectivity index (χ0) is 14.3. The number of hydrogen-bond donors (Lipinski definition) is 2. The van der Waals surface area contributed by atoms with Crippen molar-refractivity contribution in [3.63, 3.8) is 0 Å². The minimum atomic E-state index is -1.53. The van der Waals surface area contributed by atoms with Gasteiger partial charge in [0.2, 0.25) is 5.91 Å². The largest absolute Gasteiger partial charge is 0.480 e. The summed E-state index contributed by atoms with van der Waals surface area (Å²) in [6.45, 7) is 0.546. The van der Waals surface area contributed by atoms with Crippen LogP contribution in [0.15, 0.2) is 30.3 Å². The molecule has 1 rings (SSSR count). The summed E-state index contributed by atoms with van der Waals surface area (Å²) >= 11 is 0. The van der Waals surface area contributed by atoms with E-state index in [1.165, 1.54) is 6.92 Å². The van der Waals surface area contributed by atoms with Gasteiger partial charge in [-0.2, -0.15) is 0 Å². The predicted molar refractivity (Wildman–Crippen MR) is 66.2 cm³/mol. The number of benzene rings is 1. The fourth-order valence-electron chi connectivity index (χ4n) is 1.33. The second-order valence-corrected chi connectivity index (χ2v) is 3.99. The van der Waals surface area contributed by atoms with Crippen LogP contribution in [0.5, 0.6) is 0 Å². The van der Waals surface area contributed by atoms with Crippen LogP contribution in [0.2, 0.25) is 0 Å². The first-order chi connectivity index (χ1) is 9.04. The lowest BCUT2D eigenvalue weighted by Crippen LogP contribution is -2.46. The summed E-state index contributed by atoms with van der Waals surface area (Å²) < 4.78 is 17.6. The van der Waals surface area contributed by atoms with Gasteiger partial charge in [-0.1, -0.05) is 30.3 Å². The number of aliphatic carboxylic acids is 1. The average molecular weight is 269 g/mol. The number of ether oxygens (including phenoxy) is 1. The average Bonchev–Trinajstić information content (AvgIpc) is 2.42. The molecular weight excluding hydrogens is 253 g/mol. The SMILES string of the molecule is CC(OCc1ccccc1)C(=O)NC(CF)C(=O)O. The minimum absolute atomic E-state index is 0.225. The van der Waals surface area contributed by atoms with E-state index < -0.39 is 30.7 Å². The Morgan fingerprint density at radius 2 is 2.00 bits per heavy atom. The van der Waals surface area contributed by atoms with Crippen molar-refractivity contribution in [3.05, 3.63) is 35.9 Å². The Morgan fingerprint density at radius 3 is 2.53 bits per heavy atom. The van der Waals surface area contributed by atoms with Crippen molar-refractivity contribution in [1.29, 1.82) is 0 Å². The molecule has 0 aliphatic heterocycles. The molecule has 2 unspecified atom stereocenters. The first-order valence-corrected chi connectivity index (χ1v) is 5.79. The standard InChI is InChI=1S/C13H16FNO4/c1-9(12(16)15-11(7-14)13(17)18)19-8-10-5-3-2-4-6-10/h2-6,9,11H,7-8H2,1H3,(H,15,16)(H,17,18). The molecule has 104 valence electrons. The van der Waals surface area contributed by atoms with E-state index in [0.717, 1.165) is 5.56 Å². The summed E-state index contributed by atoms with van der Waals surface area (Å²) in [5.74, 6) is -2.06. The van der Waals surface area contributed by atoms with Crippen LogP contribution in [-0.4, -0.2) is 35.8 Å². The molecule has 6 heteroatoms. The minimum Gasteiger partial charge on any atom is -0.480 e. The number of hydrogen-bond acceptors (Lipinski definition) is 3. The van der Waals surface area contributed by atoms with E-state index in [1.54, 1.807) is 0 Å². The molecule has 0 fully saturated rings. The third-order valence-corrected chi connectivity index (χ3v) is 2.48. The number of carbonyl (C=O) groups excluding carboxylic acids is 1. The number of amides is 1. The molecule has 0 saturated heterocycles. The van der Waals surface area contributed by atoms with E-state index in [9.17, 15) is 14.0 Å². The maximum atomic E-state index is 12.3. The lowest BCUT2D eigenvalue weighted by molar-refractivity contribution is -0.144. The maximum Gasteiger partial charge on any atom is 0.328 e. The predicted octanol–water partition coefficient (Wildman–Crippen LogP) is 1.13. The molecule has 0 saturated carbocycles. The Bertz CT molecular complexity index is 424. The highest BCUT2D eigenvalue weighted by Gasteiger charge is 2.23. The molecule has 5 nitrogen and oxygen atoms in total. The van der Waals surface area contributed by atoms with E-state index in [0.29, 0.717) is 0 Å². The van der Waals surface area contributed by atoms with Crippen molar-refractivity contribution < 1.29 is 23.8 Å². The van der Waals surface area contributed by atoms with E-state index >= 15 is 0 Å². The van der Waals surface area contributed by atoms with Crippen LogP contribution in [0.3, 0.4) is 0 Å². The molecule has 0 bridgehead atoms. The van der Waals surface area contributed by atoms with Gasteiger partial charge in [0.05, 0.1) is 6.61 Å². The molecule has 2 N–H and O–H groups in total. The van der Waals surface area contributed by atoms with Gasteiger partial charge in [-0.25, -0.2) is 9.18 Å². The number of halogens is 1. The van der Waals surface area contributed by atoms with Crippen LogP contribution in [0, 0.1) is 0 Å². The molecular formula is C13H16FNO4. The van der Waals surface area contributed by atoms with Crippen LogP contribution < -0.4 is 5.32 Å². The number of nitrogens with one attached hydrogen (secondary N) is 1. The number of rotatable bonds is 7. The second-order valence-electron chi connectivity index (χ2n) is 3.99. The number of carboxylic acid groups (broad SMARTS) is 1. The van der Waals surface area contributed by atoms with Gasteiger partial charge in [-0.3, -0.25) is 4.79 Å². The summed E-state index contributed by atoms with van der Waals surface area (Å²) in [5, 5.41) is 10.7. The summed E-state index contributed by atoms with van der Waals surface area (Å²) in [5.41, 5.74) is 0.891. The summed E-state index contributed by atoms with van der Waals surface area (Å²) in [4.78, 5) is 22.1. The maximum absolute atomic E-state index is 12.3. The van der Waals surface area contributed by atoms with Gasteiger partial charge in [0.1, 0.15) is 12.8 Å². The van der Waals surface area contributed by atoms with Crippen LogP contribution >= 0.6 is 0 Å². The number of carbonyl (C=O) groups is 2. The van der Waals surface area contributed by atoms with Crippen molar-refractivity contribution in [2.75, 3.05) is 6.67 Å². The number of carboxylic acids is 1. The molecule has 0 aromatic heterocycles. The highest BCUT2D eigenvalue weighted by Crippen LogP contribution is 2.03. The Labute approximate surface area is 110 Å². The normalized spacial score (nSPS) is 13.6. The Hall–Kier alpha value is -1.95. The first kappa shape index (κ1) is 15.1. The smallest absolute Gasteiger partial charge is 0.328 e. The highest BCUT2D eigenvalue weighted by atomic mass is 19.1. The monoisotopic (exact) mass is 269 g/mol. The van der Waals surface area contributed by atoms with E-state index in [1.807, 2.05) is 30.3 Å². The van der Waals surface area contributed by atoms with Gasteiger partial charge < -0.3 is 15.2 Å². The van der Waals surface area contributed by atoms with Gasteiger partial charge in [-0.05, 0) is 12.5 Å². The summed E-state index contributed by atoms with van der Waals surface area (Å²) in [6, 6.07) is 7.69. The Balaban J connectivity index is 2.42. The Morgan fingerprint density at radius 1 is 1.37 bits per heavy atom. The quantitative estimate of drug-likeness (QED) is 0.778. The van der Waals surface area contributed by atoms with Crippen molar-refractivity contribution in [2.24, 2.45) is 0 Å². The lowest BCUT2D eigenvalue weighted by atomic mass is 10.2. The van der Waals surface area contributed by atoms with Crippen molar-refractivity contribution >= 4 is 11.9 Å². The molecule has 1 amide bonds. The van der Waals surface area contributed by atoms with Gasteiger partial charge in [-0.15, -0.1) is 0 Å². The molecule has 0 aliphatic carbocycles. The molecule has 0 aliphatic rings. The molecule has 0 radical (unpaired) electrons. The first-order valence-electron chi connectivity index (χ1n) is 5.79. The molecule has 2 atom stereocenters. The highest BCUT2D eigenvalue weighted by molar-refractivity contribution is 5.86. The van der Waals surface area contributed by atoms with Crippen LogP contribution in [-0.2, 0) is 20.9 Å². The fraction of sp³-hybridized carbons (Fsp3) is 0.385. The second kappa shape index (κ2) is 7.48. The van der Waals surface area contributed by atoms with Gasteiger partial charge in [0.25, 0.3) is 0 Å². The van der Waals surface area contributed by atoms with Gasteiger partial charge in [0, 0.05) is 0 Å². The third kappa shape index (κ3) is 5.05. The molecule has 0 spiro atoms. The topological polar surface area (TPSA) is 75.6 Å². The molecule has 1 aromatic carbocycles. The number of alkyl halides is 1. The zero-order valence-electron chi connectivity index (χ0n) is 10.5. The van der Waals surface area contributed by atoms with E-state index in [-0.39, 0.29) is 6.61 Å². The van der Waals surface area contributed by atoms with Crippen LogP contribution in [0.4, 0.5) is 4.39 Å². The van der Waals surface area contributed by atoms with Crippen molar-refractivity contribution in [1.82, 2.24) is 5.32 Å². The molecule has 1 aromatic rings. The van der Waals surface area contributed by atoms with Crippen LogP contribution in [0.25, 0.3) is 0 Å². The summed E-state index contributed by atoms with van der Waals surface area (Å²) in [7, 11) is 0. The van der Waals surface area contributed by atoms with E-state index in [2.05, 4.69) is 5.32 Å².